The lowest BCUT2D eigenvalue weighted by Crippen LogP contribution is -2.34. The Morgan fingerprint density at radius 2 is 1.73 bits per heavy atom. The minimum Gasteiger partial charge on any atom is -0.872 e. The lowest BCUT2D eigenvalue weighted by molar-refractivity contribution is -0.625. The first-order valence-corrected chi connectivity index (χ1v) is 11.5. The summed E-state index contributed by atoms with van der Waals surface area (Å²) in [5.74, 6) is 0.287. The predicted molar refractivity (Wildman–Crippen MR) is 128 cm³/mol. The van der Waals surface area contributed by atoms with Gasteiger partial charge in [-0.05, 0) is 65.9 Å². The van der Waals surface area contributed by atoms with Crippen molar-refractivity contribution in [3.63, 3.8) is 0 Å². The molecule has 166 valence electrons. The molecule has 10 heteroatoms. The van der Waals surface area contributed by atoms with E-state index in [4.69, 9.17) is 23.2 Å². The molecule has 0 aliphatic heterocycles. The highest BCUT2D eigenvalue weighted by molar-refractivity contribution is 7.99. The number of carbonyl (C=O) groups is 1. The highest BCUT2D eigenvalue weighted by Gasteiger charge is 2.24. The second kappa shape index (κ2) is 10.5. The van der Waals surface area contributed by atoms with Crippen LogP contribution in [-0.2, 0) is 4.79 Å². The summed E-state index contributed by atoms with van der Waals surface area (Å²) in [6, 6.07) is 21.1. The number of hydrogen-bond donors (Lipinski definition) is 2. The molecule has 0 spiro atoms. The van der Waals surface area contributed by atoms with Crippen LogP contribution in [0.3, 0.4) is 0 Å². The molecule has 0 radical (unpaired) electrons. The number of aromatic nitrogens is 3. The zero-order valence-electron chi connectivity index (χ0n) is 17.0. The third-order valence-electron chi connectivity index (χ3n) is 4.52. The van der Waals surface area contributed by atoms with E-state index in [9.17, 15) is 9.90 Å². The molecule has 1 heterocycles. The minimum absolute atomic E-state index is 0.0643. The summed E-state index contributed by atoms with van der Waals surface area (Å²) in [5.41, 5.74) is 4.53. The summed E-state index contributed by atoms with van der Waals surface area (Å²) >= 11 is 13.3. The molecular formula is C23H17Cl2N5O2S. The molecule has 0 aliphatic carbocycles. The molecule has 0 saturated heterocycles. The number of hydrogen-bond acceptors (Lipinski definition) is 5. The molecule has 4 aromatic rings. The van der Waals surface area contributed by atoms with Crippen LogP contribution < -0.4 is 15.1 Å². The highest BCUT2D eigenvalue weighted by atomic mass is 35.5. The average molecular weight is 498 g/mol. The maximum atomic E-state index is 12.3. The van der Waals surface area contributed by atoms with Gasteiger partial charge in [0.25, 0.3) is 11.7 Å². The summed E-state index contributed by atoms with van der Waals surface area (Å²) in [6.45, 7) is 0. The zero-order chi connectivity index (χ0) is 23.2. The lowest BCUT2D eigenvalue weighted by atomic mass is 10.2. The second-order valence-corrected chi connectivity index (χ2v) is 8.61. The SMILES string of the molecule is O=C(CSc1n[nH]c(-c2ccc(Cl)cc2)[n+]1-c1ccc(Cl)cc1)NN=Cc1ccccc1[O-]. The minimum atomic E-state index is -0.335. The Kier molecular flexibility index (Phi) is 7.29. The molecule has 4 rings (SSSR count). The van der Waals surface area contributed by atoms with Crippen LogP contribution in [0.2, 0.25) is 10.0 Å². The smallest absolute Gasteiger partial charge is 0.342 e. The Bertz CT molecular complexity index is 1290. The van der Waals surface area contributed by atoms with Gasteiger partial charge in [-0.25, -0.2) is 5.43 Å². The maximum absolute atomic E-state index is 12.3. The van der Waals surface area contributed by atoms with Crippen LogP contribution in [0.15, 0.2) is 83.1 Å². The molecule has 1 amide bonds. The first-order chi connectivity index (χ1) is 16.0. The Balaban J connectivity index is 1.52. The van der Waals surface area contributed by atoms with Crippen molar-refractivity contribution < 1.29 is 14.5 Å². The fourth-order valence-corrected chi connectivity index (χ4v) is 3.96. The predicted octanol–water partition coefficient (Wildman–Crippen LogP) is 3.98. The van der Waals surface area contributed by atoms with Crippen LogP contribution in [0, 0.1) is 0 Å². The van der Waals surface area contributed by atoms with E-state index in [1.165, 1.54) is 24.0 Å². The standard InChI is InChI=1S/C23H17Cl2N5O2S/c24-17-7-5-15(6-8-17)22-28-29-23(30(22)19-11-9-18(25)10-12-19)33-14-21(32)27-26-13-16-3-1-2-4-20(16)31/h1-13H,14H2,(H2,26,27,31,32). The van der Waals surface area contributed by atoms with Crippen molar-refractivity contribution in [3.05, 3.63) is 88.4 Å². The first-order valence-electron chi connectivity index (χ1n) is 9.74. The summed E-state index contributed by atoms with van der Waals surface area (Å²) in [6.07, 6.45) is 1.33. The van der Waals surface area contributed by atoms with Gasteiger partial charge in [0.15, 0.2) is 0 Å². The van der Waals surface area contributed by atoms with Crippen LogP contribution in [0.25, 0.3) is 17.1 Å². The number of thioether (sulfide) groups is 1. The summed E-state index contributed by atoms with van der Waals surface area (Å²) < 4.78 is 1.90. The van der Waals surface area contributed by atoms with E-state index in [-0.39, 0.29) is 17.4 Å². The third kappa shape index (κ3) is 5.73. The van der Waals surface area contributed by atoms with Gasteiger partial charge >= 0.3 is 5.16 Å². The van der Waals surface area contributed by atoms with E-state index in [0.717, 1.165) is 17.1 Å². The van der Waals surface area contributed by atoms with E-state index >= 15 is 0 Å². The van der Waals surface area contributed by atoms with E-state index in [1.54, 1.807) is 42.5 Å². The summed E-state index contributed by atoms with van der Waals surface area (Å²) in [5, 5.41) is 24.8. The lowest BCUT2D eigenvalue weighted by Gasteiger charge is -2.07. The molecule has 0 unspecified atom stereocenters. The van der Waals surface area contributed by atoms with Crippen molar-refractivity contribution in [2.24, 2.45) is 5.10 Å². The van der Waals surface area contributed by atoms with Gasteiger partial charge in [-0.1, -0.05) is 53.2 Å². The number of rotatable bonds is 7. The van der Waals surface area contributed by atoms with Crippen molar-refractivity contribution >= 4 is 47.1 Å². The van der Waals surface area contributed by atoms with Gasteiger partial charge in [-0.15, -0.1) is 5.10 Å². The van der Waals surface area contributed by atoms with Gasteiger partial charge in [0.2, 0.25) is 0 Å². The molecule has 1 aromatic heterocycles. The number of amides is 1. The fourth-order valence-electron chi connectivity index (χ4n) is 2.95. The molecule has 0 atom stereocenters. The van der Waals surface area contributed by atoms with E-state index in [2.05, 4.69) is 20.7 Å². The Morgan fingerprint density at radius 3 is 2.42 bits per heavy atom. The van der Waals surface area contributed by atoms with E-state index in [1.807, 2.05) is 28.8 Å². The molecule has 7 nitrogen and oxygen atoms in total. The van der Waals surface area contributed by atoms with Gasteiger partial charge in [-0.3, -0.25) is 4.79 Å². The molecule has 3 aromatic carbocycles. The normalized spacial score (nSPS) is 11.1. The van der Waals surface area contributed by atoms with Gasteiger partial charge in [0.05, 0.1) is 22.6 Å². The van der Waals surface area contributed by atoms with Crippen LogP contribution in [0.4, 0.5) is 0 Å². The molecular weight excluding hydrogens is 481 g/mol. The summed E-state index contributed by atoms with van der Waals surface area (Å²) in [7, 11) is 0. The van der Waals surface area contributed by atoms with Crippen molar-refractivity contribution in [1.29, 1.82) is 0 Å². The van der Waals surface area contributed by atoms with Gasteiger partial charge < -0.3 is 5.11 Å². The van der Waals surface area contributed by atoms with Gasteiger partial charge in [0, 0.05) is 10.0 Å². The number of hydrazone groups is 1. The van der Waals surface area contributed by atoms with Crippen LogP contribution >= 0.6 is 35.0 Å². The molecule has 2 N–H and O–H groups in total. The number of nitrogens with zero attached hydrogens (tertiary/aromatic N) is 3. The van der Waals surface area contributed by atoms with Crippen molar-refractivity contribution in [2.45, 2.75) is 5.16 Å². The Hall–Kier alpha value is -3.33. The number of halogens is 2. The molecule has 0 fully saturated rings. The van der Waals surface area contributed by atoms with Crippen molar-refractivity contribution in [3.8, 4) is 22.8 Å². The first kappa shape index (κ1) is 22.8. The zero-order valence-corrected chi connectivity index (χ0v) is 19.4. The van der Waals surface area contributed by atoms with Crippen LogP contribution in [0.1, 0.15) is 5.56 Å². The van der Waals surface area contributed by atoms with Gasteiger partial charge in [-0.2, -0.15) is 9.67 Å². The maximum Gasteiger partial charge on any atom is 0.342 e. The summed E-state index contributed by atoms with van der Waals surface area (Å²) in [4.78, 5) is 12.3. The number of para-hydroxylation sites is 1. The third-order valence-corrected chi connectivity index (χ3v) is 5.96. The number of nitrogens with one attached hydrogen (secondary N) is 2. The van der Waals surface area contributed by atoms with Crippen molar-refractivity contribution in [1.82, 2.24) is 15.6 Å². The number of H-pyrrole nitrogens is 1. The van der Waals surface area contributed by atoms with Gasteiger partial charge in [0.1, 0.15) is 5.69 Å². The monoisotopic (exact) mass is 497 g/mol. The van der Waals surface area contributed by atoms with Crippen LogP contribution in [-0.4, -0.2) is 28.1 Å². The Morgan fingerprint density at radius 1 is 1.06 bits per heavy atom. The highest BCUT2D eigenvalue weighted by Crippen LogP contribution is 2.22. The Labute approximate surface area is 204 Å². The fraction of sp³-hybridized carbons (Fsp3) is 0.0435. The van der Waals surface area contributed by atoms with Crippen molar-refractivity contribution in [2.75, 3.05) is 5.75 Å². The second-order valence-electron chi connectivity index (χ2n) is 6.79. The molecule has 0 saturated carbocycles. The van der Waals surface area contributed by atoms with E-state index < -0.39 is 0 Å². The van der Waals surface area contributed by atoms with Crippen LogP contribution in [0.5, 0.6) is 5.75 Å². The average Bonchev–Trinajstić information content (AvgIpc) is 3.24. The molecule has 0 bridgehead atoms. The molecule has 0 aliphatic rings. The van der Waals surface area contributed by atoms with E-state index in [0.29, 0.717) is 20.8 Å². The number of carbonyl (C=O) groups excluding carboxylic acids is 1. The number of benzene rings is 3. The number of aromatic amines is 1. The topological polar surface area (TPSA) is 97.1 Å². The quantitative estimate of drug-likeness (QED) is 0.174. The largest absolute Gasteiger partial charge is 0.872 e. The molecule has 33 heavy (non-hydrogen) atoms.